The van der Waals surface area contributed by atoms with Gasteiger partial charge in [0.05, 0.1) is 4.47 Å². The zero-order chi connectivity index (χ0) is 20.8. The lowest BCUT2D eigenvalue weighted by Crippen LogP contribution is -2.20. The minimum atomic E-state index is -0.248. The summed E-state index contributed by atoms with van der Waals surface area (Å²) in [7, 11) is 0. The molecule has 0 aliphatic heterocycles. The zero-order valence-corrected chi connectivity index (χ0v) is 18.6. The van der Waals surface area contributed by atoms with Crippen molar-refractivity contribution >= 4 is 44.8 Å². The Balaban J connectivity index is 1.54. The lowest BCUT2D eigenvalue weighted by Gasteiger charge is -2.12. The van der Waals surface area contributed by atoms with Gasteiger partial charge in [0, 0.05) is 22.9 Å². The van der Waals surface area contributed by atoms with Crippen LogP contribution >= 0.6 is 27.5 Å². The minimum absolute atomic E-state index is 0.0924. The first-order chi connectivity index (χ1) is 13.9. The maximum atomic E-state index is 12.1. The third-order valence-electron chi connectivity index (χ3n) is 4.44. The van der Waals surface area contributed by atoms with Crippen molar-refractivity contribution in [2.45, 2.75) is 20.4 Å². The summed E-state index contributed by atoms with van der Waals surface area (Å²) in [6, 6.07) is 19.4. The zero-order valence-electron chi connectivity index (χ0n) is 16.3. The number of para-hydroxylation sites is 1. The normalized spacial score (nSPS) is 10.5. The van der Waals surface area contributed by atoms with Crippen LogP contribution < -0.4 is 15.4 Å². The lowest BCUT2D eigenvalue weighted by atomic mass is 10.1. The van der Waals surface area contributed by atoms with E-state index in [2.05, 4.69) is 45.6 Å². The smallest absolute Gasteiger partial charge is 0.262 e. The molecule has 0 aliphatic rings. The van der Waals surface area contributed by atoms with Gasteiger partial charge in [0.25, 0.3) is 5.91 Å². The van der Waals surface area contributed by atoms with Gasteiger partial charge < -0.3 is 15.4 Å². The maximum absolute atomic E-state index is 12.1. The Kier molecular flexibility index (Phi) is 7.18. The second kappa shape index (κ2) is 9.81. The predicted octanol–water partition coefficient (Wildman–Crippen LogP) is 6.35. The average Bonchev–Trinajstić information content (AvgIpc) is 2.69. The summed E-state index contributed by atoms with van der Waals surface area (Å²) in [6.45, 7) is 4.59. The van der Waals surface area contributed by atoms with Crippen LogP contribution in [0, 0.1) is 13.8 Å². The van der Waals surface area contributed by atoms with Crippen LogP contribution in [0.25, 0.3) is 0 Å². The third kappa shape index (κ3) is 5.99. The van der Waals surface area contributed by atoms with Crippen LogP contribution in [-0.4, -0.2) is 12.5 Å². The number of benzene rings is 3. The molecule has 0 spiro atoms. The number of carbonyl (C=O) groups excluding carboxylic acids is 1. The summed E-state index contributed by atoms with van der Waals surface area (Å²) in [4.78, 5) is 12.1. The molecule has 3 aromatic carbocycles. The van der Waals surface area contributed by atoms with E-state index in [1.54, 1.807) is 6.07 Å². The molecule has 150 valence electrons. The van der Waals surface area contributed by atoms with E-state index < -0.39 is 0 Å². The third-order valence-corrected chi connectivity index (χ3v) is 5.47. The number of hydrogen-bond acceptors (Lipinski definition) is 3. The highest BCUT2D eigenvalue weighted by Gasteiger charge is 2.08. The molecule has 0 radical (unpaired) electrons. The van der Waals surface area contributed by atoms with Crippen LogP contribution in [0.4, 0.5) is 11.4 Å². The first-order valence-corrected chi connectivity index (χ1v) is 10.4. The van der Waals surface area contributed by atoms with E-state index in [0.717, 1.165) is 21.3 Å². The molecule has 0 saturated carbocycles. The van der Waals surface area contributed by atoms with Crippen LogP contribution in [0.15, 0.2) is 65.1 Å². The quantitative estimate of drug-likeness (QED) is 0.420. The highest BCUT2D eigenvalue weighted by Crippen LogP contribution is 2.27. The summed E-state index contributed by atoms with van der Waals surface area (Å²) < 4.78 is 6.45. The molecule has 4 nitrogen and oxygen atoms in total. The van der Waals surface area contributed by atoms with Crippen molar-refractivity contribution in [1.29, 1.82) is 0 Å². The Morgan fingerprint density at radius 2 is 1.83 bits per heavy atom. The van der Waals surface area contributed by atoms with Crippen molar-refractivity contribution in [3.63, 3.8) is 0 Å². The van der Waals surface area contributed by atoms with Gasteiger partial charge in [0.2, 0.25) is 0 Å². The van der Waals surface area contributed by atoms with Crippen molar-refractivity contribution in [2.24, 2.45) is 0 Å². The number of ether oxygens (including phenoxy) is 1. The van der Waals surface area contributed by atoms with Crippen molar-refractivity contribution in [3.05, 3.63) is 86.8 Å². The highest BCUT2D eigenvalue weighted by atomic mass is 79.9. The maximum Gasteiger partial charge on any atom is 0.262 e. The summed E-state index contributed by atoms with van der Waals surface area (Å²) in [6.07, 6.45) is 0. The van der Waals surface area contributed by atoms with E-state index in [0.29, 0.717) is 23.0 Å². The standard InChI is InChI=1S/C23H22BrClN2O2/c1-15-7-9-18(12-20(15)25)27-23(28)14-29-22-10-8-17(11-19(22)24)13-26-21-6-4-3-5-16(21)2/h3-12,26H,13-14H2,1-2H3,(H,27,28). The molecule has 3 aromatic rings. The number of aryl methyl sites for hydroxylation is 2. The number of halogens is 2. The molecule has 6 heteroatoms. The lowest BCUT2D eigenvalue weighted by molar-refractivity contribution is -0.118. The average molecular weight is 474 g/mol. The summed E-state index contributed by atoms with van der Waals surface area (Å²) in [5.74, 6) is 0.365. The molecule has 0 aromatic heterocycles. The molecular weight excluding hydrogens is 452 g/mol. The van der Waals surface area contributed by atoms with Crippen molar-refractivity contribution in [1.82, 2.24) is 0 Å². The molecule has 0 aliphatic carbocycles. The molecule has 1 amide bonds. The van der Waals surface area contributed by atoms with Gasteiger partial charge >= 0.3 is 0 Å². The molecule has 3 rings (SSSR count). The van der Waals surface area contributed by atoms with Crippen LogP contribution in [0.1, 0.15) is 16.7 Å². The van der Waals surface area contributed by atoms with Gasteiger partial charge in [0.1, 0.15) is 5.75 Å². The van der Waals surface area contributed by atoms with E-state index in [9.17, 15) is 4.79 Å². The number of carbonyl (C=O) groups is 1. The minimum Gasteiger partial charge on any atom is -0.483 e. The van der Waals surface area contributed by atoms with E-state index in [-0.39, 0.29) is 12.5 Å². The topological polar surface area (TPSA) is 50.4 Å². The van der Waals surface area contributed by atoms with E-state index in [1.165, 1.54) is 5.56 Å². The molecule has 29 heavy (non-hydrogen) atoms. The van der Waals surface area contributed by atoms with E-state index in [1.807, 2.05) is 49.4 Å². The van der Waals surface area contributed by atoms with Crippen LogP contribution in [0.2, 0.25) is 5.02 Å². The molecule has 0 saturated heterocycles. The SMILES string of the molecule is Cc1ccc(NC(=O)COc2ccc(CNc3ccccc3C)cc2Br)cc1Cl. The van der Waals surface area contributed by atoms with Gasteiger partial charge in [-0.25, -0.2) is 0 Å². The van der Waals surface area contributed by atoms with Gasteiger partial charge in [-0.1, -0.05) is 41.9 Å². The first kappa shape index (κ1) is 21.2. The highest BCUT2D eigenvalue weighted by molar-refractivity contribution is 9.10. The fourth-order valence-electron chi connectivity index (χ4n) is 2.75. The van der Waals surface area contributed by atoms with Gasteiger partial charge in [-0.05, 0) is 76.8 Å². The summed E-state index contributed by atoms with van der Waals surface area (Å²) in [5.41, 5.74) is 5.02. The van der Waals surface area contributed by atoms with Crippen LogP contribution in [0.5, 0.6) is 5.75 Å². The van der Waals surface area contributed by atoms with Crippen molar-refractivity contribution in [3.8, 4) is 5.75 Å². The fraction of sp³-hybridized carbons (Fsp3) is 0.174. The Hall–Kier alpha value is -2.50. The Morgan fingerprint density at radius 1 is 1.03 bits per heavy atom. The monoisotopic (exact) mass is 472 g/mol. The Labute approximate surface area is 184 Å². The van der Waals surface area contributed by atoms with E-state index in [4.69, 9.17) is 16.3 Å². The largest absolute Gasteiger partial charge is 0.483 e. The first-order valence-electron chi connectivity index (χ1n) is 9.19. The van der Waals surface area contributed by atoms with Gasteiger partial charge in [-0.3, -0.25) is 4.79 Å². The van der Waals surface area contributed by atoms with Crippen molar-refractivity contribution < 1.29 is 9.53 Å². The fourth-order valence-corrected chi connectivity index (χ4v) is 3.47. The number of anilines is 2. The Bertz CT molecular complexity index is 1020. The molecular formula is C23H22BrClN2O2. The number of hydrogen-bond donors (Lipinski definition) is 2. The number of rotatable bonds is 7. The van der Waals surface area contributed by atoms with Gasteiger partial charge in [0.15, 0.2) is 6.61 Å². The molecule has 0 unspecified atom stereocenters. The van der Waals surface area contributed by atoms with Crippen molar-refractivity contribution in [2.75, 3.05) is 17.2 Å². The molecule has 0 bridgehead atoms. The number of nitrogens with one attached hydrogen (secondary N) is 2. The molecule has 2 N–H and O–H groups in total. The summed E-state index contributed by atoms with van der Waals surface area (Å²) in [5, 5.41) is 6.82. The molecule has 0 heterocycles. The van der Waals surface area contributed by atoms with Gasteiger partial charge in [-0.2, -0.15) is 0 Å². The summed E-state index contributed by atoms with van der Waals surface area (Å²) >= 11 is 9.61. The van der Waals surface area contributed by atoms with Crippen LogP contribution in [0.3, 0.4) is 0 Å². The number of amides is 1. The van der Waals surface area contributed by atoms with Gasteiger partial charge in [-0.15, -0.1) is 0 Å². The molecule has 0 atom stereocenters. The second-order valence-electron chi connectivity index (χ2n) is 6.73. The second-order valence-corrected chi connectivity index (χ2v) is 8.00. The molecule has 0 fully saturated rings. The van der Waals surface area contributed by atoms with Crippen LogP contribution in [-0.2, 0) is 11.3 Å². The van der Waals surface area contributed by atoms with E-state index >= 15 is 0 Å². The Morgan fingerprint density at radius 3 is 2.55 bits per heavy atom. The predicted molar refractivity (Wildman–Crippen MR) is 123 cm³/mol.